The van der Waals surface area contributed by atoms with Crippen molar-refractivity contribution in [1.29, 1.82) is 0 Å². The number of benzene rings is 1. The number of rotatable bonds is 4. The molecule has 2 heterocycles. The number of sulfonamides is 1. The zero-order valence-electron chi connectivity index (χ0n) is 11.4. The van der Waals surface area contributed by atoms with Gasteiger partial charge < -0.3 is 9.47 Å². The molecular formula is C13H15N3O4S. The van der Waals surface area contributed by atoms with Crippen LogP contribution in [0.25, 0.3) is 0 Å². The van der Waals surface area contributed by atoms with Gasteiger partial charge in [-0.15, -0.1) is 0 Å². The summed E-state index contributed by atoms with van der Waals surface area (Å²) in [5, 5.41) is 6.13. The van der Waals surface area contributed by atoms with Crippen LogP contribution < -0.4 is 14.2 Å². The highest BCUT2D eigenvalue weighted by molar-refractivity contribution is 7.89. The molecule has 21 heavy (non-hydrogen) atoms. The molecule has 2 aromatic rings. The van der Waals surface area contributed by atoms with Crippen molar-refractivity contribution in [1.82, 2.24) is 14.9 Å². The maximum absolute atomic E-state index is 12.1. The number of ether oxygens (including phenoxy) is 2. The first-order chi connectivity index (χ1) is 10.1. The van der Waals surface area contributed by atoms with Crippen molar-refractivity contribution >= 4 is 10.0 Å². The molecule has 0 aliphatic carbocycles. The molecule has 0 amide bonds. The summed E-state index contributed by atoms with van der Waals surface area (Å²) in [6, 6.07) is 4.99. The topological polar surface area (TPSA) is 93.3 Å². The molecule has 112 valence electrons. The van der Waals surface area contributed by atoms with Crippen LogP contribution in [-0.2, 0) is 10.0 Å². The van der Waals surface area contributed by atoms with Gasteiger partial charge in [0.1, 0.15) is 18.1 Å². The van der Waals surface area contributed by atoms with Crippen molar-refractivity contribution in [2.45, 2.75) is 17.9 Å². The third-order valence-corrected chi connectivity index (χ3v) is 4.69. The van der Waals surface area contributed by atoms with Gasteiger partial charge in [-0.05, 0) is 24.6 Å². The number of hydrogen-bond acceptors (Lipinski definition) is 5. The smallest absolute Gasteiger partial charge is 0.244 e. The van der Waals surface area contributed by atoms with Crippen LogP contribution in [0.2, 0.25) is 0 Å². The quantitative estimate of drug-likeness (QED) is 0.886. The molecule has 7 nitrogen and oxygen atoms in total. The van der Waals surface area contributed by atoms with E-state index >= 15 is 0 Å². The minimum atomic E-state index is -3.60. The fraction of sp³-hybridized carbons (Fsp3) is 0.308. The van der Waals surface area contributed by atoms with Gasteiger partial charge in [0.05, 0.1) is 6.20 Å². The highest BCUT2D eigenvalue weighted by Gasteiger charge is 2.21. The first kappa shape index (κ1) is 13.9. The Morgan fingerprint density at radius 2 is 2.05 bits per heavy atom. The summed E-state index contributed by atoms with van der Waals surface area (Å²) in [6.45, 7) is 2.78. The Hall–Kier alpha value is -2.06. The molecule has 0 radical (unpaired) electrons. The van der Waals surface area contributed by atoms with Crippen LogP contribution in [0.15, 0.2) is 35.5 Å². The molecule has 0 bridgehead atoms. The van der Waals surface area contributed by atoms with Crippen molar-refractivity contribution in [2.24, 2.45) is 0 Å². The number of aromatic nitrogens is 2. The van der Waals surface area contributed by atoms with E-state index in [1.54, 1.807) is 19.1 Å². The van der Waals surface area contributed by atoms with Crippen LogP contribution in [0, 0.1) is 0 Å². The minimum absolute atomic E-state index is 0.104. The van der Waals surface area contributed by atoms with Gasteiger partial charge in [-0.3, -0.25) is 5.10 Å². The van der Waals surface area contributed by atoms with E-state index in [0.717, 1.165) is 5.56 Å². The zero-order valence-corrected chi connectivity index (χ0v) is 12.2. The first-order valence-electron chi connectivity index (χ1n) is 6.47. The molecule has 1 aliphatic rings. The minimum Gasteiger partial charge on any atom is -0.486 e. The van der Waals surface area contributed by atoms with Crippen molar-refractivity contribution in [3.63, 3.8) is 0 Å². The van der Waals surface area contributed by atoms with E-state index in [9.17, 15) is 8.42 Å². The van der Waals surface area contributed by atoms with Gasteiger partial charge in [-0.25, -0.2) is 13.1 Å². The van der Waals surface area contributed by atoms with Crippen LogP contribution in [0.3, 0.4) is 0 Å². The van der Waals surface area contributed by atoms with E-state index in [1.165, 1.54) is 12.4 Å². The van der Waals surface area contributed by atoms with Gasteiger partial charge in [0, 0.05) is 12.2 Å². The van der Waals surface area contributed by atoms with E-state index in [1.807, 2.05) is 6.07 Å². The third kappa shape index (κ3) is 2.86. The van der Waals surface area contributed by atoms with E-state index in [0.29, 0.717) is 24.7 Å². The molecule has 0 saturated heterocycles. The van der Waals surface area contributed by atoms with Gasteiger partial charge in [-0.1, -0.05) is 6.07 Å². The summed E-state index contributed by atoms with van der Waals surface area (Å²) >= 11 is 0. The van der Waals surface area contributed by atoms with Crippen LogP contribution in [0.4, 0.5) is 0 Å². The van der Waals surface area contributed by atoms with E-state index in [2.05, 4.69) is 14.9 Å². The Morgan fingerprint density at radius 3 is 2.76 bits per heavy atom. The predicted molar refractivity (Wildman–Crippen MR) is 74.8 cm³/mol. The normalized spacial score (nSPS) is 15.7. The second-order valence-corrected chi connectivity index (χ2v) is 6.39. The lowest BCUT2D eigenvalue weighted by Gasteiger charge is -2.21. The van der Waals surface area contributed by atoms with Crippen LogP contribution in [-0.4, -0.2) is 31.8 Å². The lowest BCUT2D eigenvalue weighted by atomic mass is 10.1. The second kappa shape index (κ2) is 5.38. The molecule has 1 atom stereocenters. The SMILES string of the molecule is CC(NS(=O)(=O)c1cn[nH]c1)c1ccc2c(c1)OCCO2. The lowest BCUT2D eigenvalue weighted by Crippen LogP contribution is -2.26. The van der Waals surface area contributed by atoms with Crippen LogP contribution >= 0.6 is 0 Å². The van der Waals surface area contributed by atoms with E-state index < -0.39 is 16.1 Å². The van der Waals surface area contributed by atoms with Crippen molar-refractivity contribution in [3.05, 3.63) is 36.2 Å². The van der Waals surface area contributed by atoms with Gasteiger partial charge >= 0.3 is 0 Å². The number of hydrogen-bond donors (Lipinski definition) is 2. The average molecular weight is 309 g/mol. The Labute approximate surface area is 122 Å². The van der Waals surface area contributed by atoms with E-state index in [4.69, 9.17) is 9.47 Å². The molecule has 1 aliphatic heterocycles. The van der Waals surface area contributed by atoms with E-state index in [-0.39, 0.29) is 4.90 Å². The summed E-state index contributed by atoms with van der Waals surface area (Å²) in [5.74, 6) is 1.31. The number of fused-ring (bicyclic) bond motifs is 1. The molecule has 1 aromatic carbocycles. The van der Waals surface area contributed by atoms with Crippen molar-refractivity contribution in [2.75, 3.05) is 13.2 Å². The van der Waals surface area contributed by atoms with Crippen molar-refractivity contribution in [3.8, 4) is 11.5 Å². The number of nitrogens with zero attached hydrogens (tertiary/aromatic N) is 1. The molecule has 0 spiro atoms. The monoisotopic (exact) mass is 309 g/mol. The van der Waals surface area contributed by atoms with Gasteiger partial charge in [-0.2, -0.15) is 5.10 Å². The van der Waals surface area contributed by atoms with Crippen LogP contribution in [0.1, 0.15) is 18.5 Å². The van der Waals surface area contributed by atoms with Gasteiger partial charge in [0.2, 0.25) is 10.0 Å². The average Bonchev–Trinajstić information content (AvgIpc) is 3.01. The Bertz CT molecular complexity index is 728. The molecule has 0 saturated carbocycles. The molecule has 2 N–H and O–H groups in total. The Morgan fingerprint density at radius 1 is 1.29 bits per heavy atom. The predicted octanol–water partition coefficient (Wildman–Crippen LogP) is 1.22. The molecule has 3 rings (SSSR count). The summed E-state index contributed by atoms with van der Waals surface area (Å²) in [5.41, 5.74) is 0.798. The number of nitrogens with one attached hydrogen (secondary N) is 2. The highest BCUT2D eigenvalue weighted by Crippen LogP contribution is 2.32. The van der Waals surface area contributed by atoms with Crippen molar-refractivity contribution < 1.29 is 17.9 Å². The fourth-order valence-corrected chi connectivity index (χ4v) is 3.22. The molecular weight excluding hydrogens is 294 g/mol. The largest absolute Gasteiger partial charge is 0.486 e. The summed E-state index contributed by atoms with van der Waals surface area (Å²) in [4.78, 5) is 0.104. The summed E-state index contributed by atoms with van der Waals surface area (Å²) in [7, 11) is -3.60. The Kier molecular flexibility index (Phi) is 3.56. The maximum atomic E-state index is 12.1. The maximum Gasteiger partial charge on any atom is 0.244 e. The number of aromatic amines is 1. The Balaban J connectivity index is 1.81. The van der Waals surface area contributed by atoms with Gasteiger partial charge in [0.15, 0.2) is 11.5 Å². The fourth-order valence-electron chi connectivity index (χ4n) is 2.08. The first-order valence-corrected chi connectivity index (χ1v) is 7.95. The molecule has 1 aromatic heterocycles. The highest BCUT2D eigenvalue weighted by atomic mass is 32.2. The second-order valence-electron chi connectivity index (χ2n) is 4.68. The lowest BCUT2D eigenvalue weighted by molar-refractivity contribution is 0.171. The summed E-state index contributed by atoms with van der Waals surface area (Å²) in [6.07, 6.45) is 2.59. The molecule has 1 unspecified atom stereocenters. The zero-order chi connectivity index (χ0) is 14.9. The standard InChI is InChI=1S/C13H15N3O4S/c1-9(16-21(17,18)11-7-14-15-8-11)10-2-3-12-13(6-10)20-5-4-19-12/h2-3,6-9,16H,4-5H2,1H3,(H,14,15). The number of H-pyrrole nitrogens is 1. The molecule has 0 fully saturated rings. The summed E-state index contributed by atoms with van der Waals surface area (Å²) < 4.78 is 37.8. The van der Waals surface area contributed by atoms with Crippen LogP contribution in [0.5, 0.6) is 11.5 Å². The molecule has 8 heteroatoms. The van der Waals surface area contributed by atoms with Gasteiger partial charge in [0.25, 0.3) is 0 Å². The third-order valence-electron chi connectivity index (χ3n) is 3.18.